The van der Waals surface area contributed by atoms with Crippen molar-refractivity contribution in [3.05, 3.63) is 0 Å². The Hall–Kier alpha value is -0.510. The highest BCUT2D eigenvalue weighted by Gasteiger charge is 2.43. The first-order chi connectivity index (χ1) is 9.01. The molecule has 5 atom stereocenters. The number of ether oxygens (including phenoxy) is 2. The van der Waals surface area contributed by atoms with E-state index in [1.165, 1.54) is 0 Å². The topological polar surface area (TPSA) is 111 Å². The van der Waals surface area contributed by atoms with Crippen molar-refractivity contribution in [1.29, 1.82) is 0 Å². The van der Waals surface area contributed by atoms with Crippen LogP contribution in [0.3, 0.4) is 0 Å². The van der Waals surface area contributed by atoms with Crippen LogP contribution in [-0.2, 0) is 9.47 Å². The molecule has 7 nitrogen and oxygen atoms in total. The van der Waals surface area contributed by atoms with Crippen LogP contribution in [0.1, 0.15) is 19.8 Å². The summed E-state index contributed by atoms with van der Waals surface area (Å²) in [5, 5.41) is 40.6. The van der Waals surface area contributed by atoms with Crippen LogP contribution < -0.4 is 5.32 Å². The molecule has 1 rings (SSSR count). The third kappa shape index (κ3) is 4.51. The third-order valence-electron chi connectivity index (χ3n) is 2.88. The minimum Gasteiger partial charge on any atom is -0.471 e. The van der Waals surface area contributed by atoms with E-state index in [9.17, 15) is 15.3 Å². The summed E-state index contributed by atoms with van der Waals surface area (Å²) in [6.07, 6.45) is -4.38. The average molecular weight is 295 g/mol. The van der Waals surface area contributed by atoms with Crippen LogP contribution in [0.4, 0.5) is 0 Å². The van der Waals surface area contributed by atoms with Gasteiger partial charge in [-0.15, -0.1) is 0 Å². The minimum atomic E-state index is -1.43. The standard InChI is InChI=1S/C11H21NO6S/c1-2-3-4-17-11(19)12-10-9(16)8(15)7(14)6(5-13)18-10/h6-10,13-16H,2-5H2,1H3,(H,12,19)/t6-,7+,8+,9-,10+/m0/s1. The number of hydrogen-bond donors (Lipinski definition) is 5. The molecule has 0 saturated carbocycles. The molecule has 8 heteroatoms. The summed E-state index contributed by atoms with van der Waals surface area (Å²) in [5.74, 6) is 0. The zero-order valence-electron chi connectivity index (χ0n) is 10.7. The van der Waals surface area contributed by atoms with Gasteiger partial charge < -0.3 is 35.2 Å². The summed E-state index contributed by atoms with van der Waals surface area (Å²) in [6.45, 7) is 1.98. The molecule has 1 fully saturated rings. The van der Waals surface area contributed by atoms with E-state index in [1.54, 1.807) is 0 Å². The van der Waals surface area contributed by atoms with Crippen LogP contribution in [-0.4, -0.2) is 69.5 Å². The van der Waals surface area contributed by atoms with Crippen LogP contribution in [0, 0.1) is 0 Å². The Kier molecular flexibility index (Phi) is 6.90. The average Bonchev–Trinajstić information content (AvgIpc) is 2.39. The maximum Gasteiger partial charge on any atom is 0.258 e. The fourth-order valence-corrected chi connectivity index (χ4v) is 1.89. The maximum absolute atomic E-state index is 9.75. The van der Waals surface area contributed by atoms with Crippen molar-refractivity contribution < 1.29 is 29.9 Å². The Balaban J connectivity index is 2.49. The predicted molar refractivity (Wildman–Crippen MR) is 70.4 cm³/mol. The van der Waals surface area contributed by atoms with Gasteiger partial charge in [-0.2, -0.15) is 0 Å². The van der Waals surface area contributed by atoms with Gasteiger partial charge in [-0.1, -0.05) is 13.3 Å². The molecule has 19 heavy (non-hydrogen) atoms. The lowest BCUT2D eigenvalue weighted by Crippen LogP contribution is -2.63. The van der Waals surface area contributed by atoms with Crippen LogP contribution in [0.25, 0.3) is 0 Å². The van der Waals surface area contributed by atoms with Crippen molar-refractivity contribution in [2.24, 2.45) is 0 Å². The molecule has 0 amide bonds. The monoisotopic (exact) mass is 295 g/mol. The number of aliphatic hydroxyl groups is 4. The first kappa shape index (κ1) is 16.5. The van der Waals surface area contributed by atoms with Gasteiger partial charge in [0.2, 0.25) is 0 Å². The van der Waals surface area contributed by atoms with E-state index in [0.717, 1.165) is 12.8 Å². The molecule has 5 N–H and O–H groups in total. The fourth-order valence-electron chi connectivity index (χ4n) is 1.69. The van der Waals surface area contributed by atoms with Crippen molar-refractivity contribution in [2.75, 3.05) is 13.2 Å². The normalized spacial score (nSPS) is 34.9. The molecule has 0 unspecified atom stereocenters. The molecule has 0 radical (unpaired) electrons. The second-order valence-electron chi connectivity index (χ2n) is 4.38. The molecular weight excluding hydrogens is 274 g/mol. The summed E-state index contributed by atoms with van der Waals surface area (Å²) in [4.78, 5) is 0. The Morgan fingerprint density at radius 1 is 1.26 bits per heavy atom. The molecule has 0 aliphatic carbocycles. The maximum atomic E-state index is 9.75. The van der Waals surface area contributed by atoms with Gasteiger partial charge in [0.25, 0.3) is 5.17 Å². The highest BCUT2D eigenvalue weighted by Crippen LogP contribution is 2.19. The van der Waals surface area contributed by atoms with E-state index >= 15 is 0 Å². The number of hydrogen-bond acceptors (Lipinski definition) is 7. The lowest BCUT2D eigenvalue weighted by Gasteiger charge is -2.40. The van der Waals surface area contributed by atoms with Crippen molar-refractivity contribution in [3.8, 4) is 0 Å². The van der Waals surface area contributed by atoms with Crippen molar-refractivity contribution in [2.45, 2.75) is 50.4 Å². The highest BCUT2D eigenvalue weighted by atomic mass is 32.1. The van der Waals surface area contributed by atoms with Gasteiger partial charge in [0.15, 0.2) is 6.23 Å². The summed E-state index contributed by atoms with van der Waals surface area (Å²) in [6, 6.07) is 0. The molecule has 1 aliphatic rings. The zero-order chi connectivity index (χ0) is 14.4. The van der Waals surface area contributed by atoms with Crippen LogP contribution in [0.15, 0.2) is 0 Å². The number of nitrogens with one attached hydrogen (secondary N) is 1. The zero-order valence-corrected chi connectivity index (χ0v) is 11.5. The second-order valence-corrected chi connectivity index (χ2v) is 4.75. The van der Waals surface area contributed by atoms with Crippen molar-refractivity contribution in [3.63, 3.8) is 0 Å². The summed E-state index contributed by atoms with van der Waals surface area (Å²) in [5.41, 5.74) is 0. The van der Waals surface area contributed by atoms with Gasteiger partial charge in [-0.05, 0) is 18.6 Å². The lowest BCUT2D eigenvalue weighted by atomic mass is 9.98. The van der Waals surface area contributed by atoms with E-state index in [2.05, 4.69) is 5.32 Å². The Labute approximate surface area is 117 Å². The quantitative estimate of drug-likeness (QED) is 0.307. The molecule has 112 valence electrons. The Morgan fingerprint density at radius 2 is 1.95 bits per heavy atom. The fraction of sp³-hybridized carbons (Fsp3) is 0.909. The lowest BCUT2D eigenvalue weighted by molar-refractivity contribution is -0.233. The molecule has 1 saturated heterocycles. The van der Waals surface area contributed by atoms with Crippen LogP contribution >= 0.6 is 12.2 Å². The van der Waals surface area contributed by atoms with E-state index in [4.69, 9.17) is 26.8 Å². The van der Waals surface area contributed by atoms with E-state index in [1.807, 2.05) is 6.92 Å². The molecular formula is C11H21NO6S. The van der Waals surface area contributed by atoms with E-state index in [0.29, 0.717) is 6.61 Å². The number of rotatable bonds is 5. The van der Waals surface area contributed by atoms with Crippen LogP contribution in [0.2, 0.25) is 0 Å². The van der Waals surface area contributed by atoms with Crippen molar-refractivity contribution >= 4 is 17.4 Å². The van der Waals surface area contributed by atoms with E-state index < -0.39 is 37.3 Å². The predicted octanol–water partition coefficient (Wildman–Crippen LogP) is -1.52. The number of aliphatic hydroxyl groups excluding tert-OH is 4. The first-order valence-corrected chi connectivity index (χ1v) is 6.65. The summed E-state index contributed by atoms with van der Waals surface area (Å²) >= 11 is 4.91. The summed E-state index contributed by atoms with van der Waals surface area (Å²) in [7, 11) is 0. The molecule has 0 aromatic rings. The molecule has 0 aromatic heterocycles. The van der Waals surface area contributed by atoms with Crippen molar-refractivity contribution in [1.82, 2.24) is 5.32 Å². The Bertz CT molecular complexity index is 290. The van der Waals surface area contributed by atoms with Gasteiger partial charge in [0.05, 0.1) is 13.2 Å². The van der Waals surface area contributed by atoms with Gasteiger partial charge in [0, 0.05) is 0 Å². The highest BCUT2D eigenvalue weighted by molar-refractivity contribution is 7.80. The Morgan fingerprint density at radius 3 is 2.53 bits per heavy atom. The molecule has 0 aromatic carbocycles. The molecule has 1 heterocycles. The second kappa shape index (κ2) is 7.93. The SMILES string of the molecule is CCCCOC(=S)N[C@@H]1O[C@@H](CO)[C@@H](O)[C@@H](O)[C@@H]1O. The molecule has 0 spiro atoms. The van der Waals surface area contributed by atoms with Gasteiger partial charge >= 0.3 is 0 Å². The first-order valence-electron chi connectivity index (χ1n) is 6.25. The van der Waals surface area contributed by atoms with E-state index in [-0.39, 0.29) is 5.17 Å². The summed E-state index contributed by atoms with van der Waals surface area (Å²) < 4.78 is 10.4. The van der Waals surface area contributed by atoms with Gasteiger partial charge in [-0.3, -0.25) is 0 Å². The molecule has 0 bridgehead atoms. The third-order valence-corrected chi connectivity index (χ3v) is 3.12. The number of thiocarbonyl (C=S) groups is 1. The van der Waals surface area contributed by atoms with Crippen LogP contribution in [0.5, 0.6) is 0 Å². The van der Waals surface area contributed by atoms with Gasteiger partial charge in [0.1, 0.15) is 24.4 Å². The minimum absolute atomic E-state index is 0.0396. The smallest absolute Gasteiger partial charge is 0.258 e. The molecule has 1 aliphatic heterocycles. The number of unbranched alkanes of at least 4 members (excludes halogenated alkanes) is 1. The largest absolute Gasteiger partial charge is 0.471 e. The van der Waals surface area contributed by atoms with Gasteiger partial charge in [-0.25, -0.2) is 0 Å².